The summed E-state index contributed by atoms with van der Waals surface area (Å²) in [6, 6.07) is 18.4. The maximum atomic E-state index is 13.8. The highest BCUT2D eigenvalue weighted by Gasteiger charge is 2.22. The minimum absolute atomic E-state index is 0.108. The molecule has 0 radical (unpaired) electrons. The third-order valence-electron chi connectivity index (χ3n) is 4.80. The number of aromatic nitrogens is 1. The van der Waals surface area contributed by atoms with Crippen LogP contribution in [0.3, 0.4) is 0 Å². The second kappa shape index (κ2) is 8.31. The van der Waals surface area contributed by atoms with E-state index >= 15 is 0 Å². The quantitative estimate of drug-likeness (QED) is 0.479. The van der Waals surface area contributed by atoms with Gasteiger partial charge >= 0.3 is 0 Å². The van der Waals surface area contributed by atoms with Crippen LogP contribution in [-0.2, 0) is 26.9 Å². The maximum absolute atomic E-state index is 13.8. The molecule has 4 aromatic rings. The lowest BCUT2D eigenvalue weighted by Gasteiger charge is -2.08. The standard InChI is InChI=1S/C23H18F2N2O3S/c24-17-10-11-19(25)20(12-17)26-23(28)14-27-13-22(18-8-4-5-9-21(18)27)31(29,30)15-16-6-2-1-3-7-16/h1-13H,14-15H2,(H,26,28). The summed E-state index contributed by atoms with van der Waals surface area (Å²) in [5, 5.41) is 2.82. The average Bonchev–Trinajstić information content (AvgIpc) is 3.11. The first-order chi connectivity index (χ1) is 14.8. The molecule has 1 aromatic heterocycles. The van der Waals surface area contributed by atoms with E-state index in [0.29, 0.717) is 16.5 Å². The molecule has 0 spiro atoms. The summed E-state index contributed by atoms with van der Waals surface area (Å²) in [4.78, 5) is 12.6. The first kappa shape index (κ1) is 20.7. The molecule has 4 rings (SSSR count). The van der Waals surface area contributed by atoms with Crippen LogP contribution in [0, 0.1) is 11.6 Å². The molecule has 1 heterocycles. The van der Waals surface area contributed by atoms with Crippen LogP contribution in [0.1, 0.15) is 5.56 Å². The molecule has 1 N–H and O–H groups in total. The number of sulfone groups is 1. The Kier molecular flexibility index (Phi) is 5.56. The van der Waals surface area contributed by atoms with Gasteiger partial charge in [-0.05, 0) is 23.8 Å². The van der Waals surface area contributed by atoms with Crippen LogP contribution in [-0.4, -0.2) is 18.9 Å². The van der Waals surface area contributed by atoms with Crippen LogP contribution in [0.25, 0.3) is 10.9 Å². The number of hydrogen-bond donors (Lipinski definition) is 1. The molecular weight excluding hydrogens is 422 g/mol. The lowest BCUT2D eigenvalue weighted by molar-refractivity contribution is -0.116. The van der Waals surface area contributed by atoms with Gasteiger partial charge in [0.15, 0.2) is 9.84 Å². The highest BCUT2D eigenvalue weighted by molar-refractivity contribution is 7.90. The summed E-state index contributed by atoms with van der Waals surface area (Å²) in [6.45, 7) is -0.267. The minimum Gasteiger partial charge on any atom is -0.337 e. The van der Waals surface area contributed by atoms with Gasteiger partial charge in [0.2, 0.25) is 5.91 Å². The van der Waals surface area contributed by atoms with E-state index in [0.717, 1.165) is 18.2 Å². The molecular formula is C23H18F2N2O3S. The molecule has 0 aliphatic rings. The Hall–Kier alpha value is -3.52. The number of carbonyl (C=O) groups is 1. The average molecular weight is 440 g/mol. The van der Waals surface area contributed by atoms with Crippen LogP contribution >= 0.6 is 0 Å². The number of nitrogens with one attached hydrogen (secondary N) is 1. The SMILES string of the molecule is O=C(Cn1cc(S(=O)(=O)Cc2ccccc2)c2ccccc21)Nc1cc(F)ccc1F. The molecule has 0 saturated carbocycles. The van der Waals surface area contributed by atoms with Crippen molar-refractivity contribution < 1.29 is 22.0 Å². The van der Waals surface area contributed by atoms with Gasteiger partial charge in [-0.15, -0.1) is 0 Å². The number of nitrogens with zero attached hydrogens (tertiary/aromatic N) is 1. The van der Waals surface area contributed by atoms with Crippen molar-refractivity contribution in [2.75, 3.05) is 5.32 Å². The Balaban J connectivity index is 1.65. The summed E-state index contributed by atoms with van der Waals surface area (Å²) in [6.07, 6.45) is 1.41. The Bertz CT molecular complexity index is 1370. The zero-order chi connectivity index (χ0) is 22.0. The number of hydrogen-bond acceptors (Lipinski definition) is 3. The van der Waals surface area contributed by atoms with Crippen molar-refractivity contribution >= 4 is 32.3 Å². The van der Waals surface area contributed by atoms with Crippen molar-refractivity contribution in [1.29, 1.82) is 0 Å². The van der Waals surface area contributed by atoms with Gasteiger partial charge in [-0.3, -0.25) is 4.79 Å². The van der Waals surface area contributed by atoms with E-state index in [-0.39, 0.29) is 22.9 Å². The summed E-state index contributed by atoms with van der Waals surface area (Å²) < 4.78 is 54.8. The minimum atomic E-state index is -3.69. The van der Waals surface area contributed by atoms with Crippen LogP contribution < -0.4 is 5.32 Å². The van der Waals surface area contributed by atoms with Crippen LogP contribution in [0.4, 0.5) is 14.5 Å². The molecule has 1 amide bonds. The van der Waals surface area contributed by atoms with E-state index in [2.05, 4.69) is 5.32 Å². The number of benzene rings is 3. The van der Waals surface area contributed by atoms with Gasteiger partial charge < -0.3 is 9.88 Å². The highest BCUT2D eigenvalue weighted by atomic mass is 32.2. The molecule has 0 aliphatic heterocycles. The number of para-hydroxylation sites is 1. The normalized spacial score (nSPS) is 11.5. The number of fused-ring (bicyclic) bond motifs is 1. The van der Waals surface area contributed by atoms with Gasteiger partial charge in [-0.1, -0.05) is 48.5 Å². The smallest absolute Gasteiger partial charge is 0.244 e. The predicted octanol–water partition coefficient (Wildman–Crippen LogP) is 4.53. The van der Waals surface area contributed by atoms with E-state index in [4.69, 9.17) is 0 Å². The maximum Gasteiger partial charge on any atom is 0.244 e. The molecule has 0 bridgehead atoms. The van der Waals surface area contributed by atoms with Gasteiger partial charge in [-0.2, -0.15) is 0 Å². The molecule has 158 valence electrons. The van der Waals surface area contributed by atoms with Crippen molar-refractivity contribution in [3.05, 3.63) is 96.2 Å². The Morgan fingerprint density at radius 1 is 0.935 bits per heavy atom. The van der Waals surface area contributed by atoms with Gasteiger partial charge in [0.1, 0.15) is 18.2 Å². The van der Waals surface area contributed by atoms with E-state index in [1.165, 1.54) is 10.8 Å². The van der Waals surface area contributed by atoms with E-state index < -0.39 is 27.4 Å². The Morgan fingerprint density at radius 3 is 2.42 bits per heavy atom. The summed E-state index contributed by atoms with van der Waals surface area (Å²) in [7, 11) is -3.69. The molecule has 3 aromatic carbocycles. The number of amides is 1. The van der Waals surface area contributed by atoms with Gasteiger partial charge in [0.05, 0.1) is 16.3 Å². The van der Waals surface area contributed by atoms with Gasteiger partial charge in [0, 0.05) is 23.2 Å². The van der Waals surface area contributed by atoms with Crippen molar-refractivity contribution in [2.45, 2.75) is 17.2 Å². The lowest BCUT2D eigenvalue weighted by atomic mass is 10.2. The first-order valence-corrected chi connectivity index (χ1v) is 11.1. The van der Waals surface area contributed by atoms with Crippen molar-refractivity contribution in [3.8, 4) is 0 Å². The van der Waals surface area contributed by atoms with Crippen molar-refractivity contribution in [3.63, 3.8) is 0 Å². The lowest BCUT2D eigenvalue weighted by Crippen LogP contribution is -2.19. The fraction of sp³-hybridized carbons (Fsp3) is 0.0870. The highest BCUT2D eigenvalue weighted by Crippen LogP contribution is 2.28. The first-order valence-electron chi connectivity index (χ1n) is 9.43. The number of halogens is 2. The van der Waals surface area contributed by atoms with E-state index in [1.54, 1.807) is 48.5 Å². The molecule has 0 unspecified atom stereocenters. The Morgan fingerprint density at radius 2 is 1.65 bits per heavy atom. The third kappa shape index (κ3) is 4.49. The molecule has 8 heteroatoms. The monoisotopic (exact) mass is 440 g/mol. The van der Waals surface area contributed by atoms with Crippen molar-refractivity contribution in [2.24, 2.45) is 0 Å². The van der Waals surface area contributed by atoms with E-state index in [1.807, 2.05) is 6.07 Å². The topological polar surface area (TPSA) is 68.2 Å². The molecule has 31 heavy (non-hydrogen) atoms. The van der Waals surface area contributed by atoms with Crippen LogP contribution in [0.2, 0.25) is 0 Å². The molecule has 0 saturated heterocycles. The summed E-state index contributed by atoms with van der Waals surface area (Å²) >= 11 is 0. The summed E-state index contributed by atoms with van der Waals surface area (Å²) in [5.41, 5.74) is 0.918. The number of rotatable bonds is 6. The second-order valence-corrected chi connectivity index (χ2v) is 9.01. The zero-order valence-corrected chi connectivity index (χ0v) is 17.1. The van der Waals surface area contributed by atoms with Crippen LogP contribution in [0.15, 0.2) is 83.9 Å². The fourth-order valence-corrected chi connectivity index (χ4v) is 4.98. The third-order valence-corrected chi connectivity index (χ3v) is 6.51. The molecule has 5 nitrogen and oxygen atoms in total. The number of carbonyl (C=O) groups excluding carboxylic acids is 1. The molecule has 0 atom stereocenters. The largest absolute Gasteiger partial charge is 0.337 e. The van der Waals surface area contributed by atoms with Crippen LogP contribution in [0.5, 0.6) is 0 Å². The fourth-order valence-electron chi connectivity index (χ4n) is 3.40. The van der Waals surface area contributed by atoms with Crippen molar-refractivity contribution in [1.82, 2.24) is 4.57 Å². The zero-order valence-electron chi connectivity index (χ0n) is 16.3. The molecule has 0 aliphatic carbocycles. The van der Waals surface area contributed by atoms with E-state index in [9.17, 15) is 22.0 Å². The van der Waals surface area contributed by atoms with Gasteiger partial charge in [0.25, 0.3) is 0 Å². The second-order valence-electron chi connectivity index (χ2n) is 7.06. The summed E-state index contributed by atoms with van der Waals surface area (Å²) in [5.74, 6) is -2.24. The molecule has 0 fully saturated rings. The predicted molar refractivity (Wildman–Crippen MR) is 114 cm³/mol. The number of anilines is 1. The Labute approximate surface area is 177 Å². The van der Waals surface area contributed by atoms with Gasteiger partial charge in [-0.25, -0.2) is 17.2 Å².